The van der Waals surface area contributed by atoms with E-state index < -0.39 is 11.5 Å². The molecule has 122 valence electrons. The van der Waals surface area contributed by atoms with E-state index in [9.17, 15) is 14.3 Å². The Morgan fingerprint density at radius 2 is 2.04 bits per heavy atom. The lowest BCUT2D eigenvalue weighted by atomic mass is 9.97. The molecular formula is C16H17FN2O3S. The molecule has 23 heavy (non-hydrogen) atoms. The van der Waals surface area contributed by atoms with Crippen molar-refractivity contribution in [3.63, 3.8) is 0 Å². The topological polar surface area (TPSA) is 75.4 Å². The molecule has 0 unspecified atom stereocenters. The normalized spacial score (nSPS) is 17.0. The van der Waals surface area contributed by atoms with Crippen LogP contribution in [0.4, 0.5) is 4.39 Å². The highest BCUT2D eigenvalue weighted by Crippen LogP contribution is 2.26. The van der Waals surface area contributed by atoms with Gasteiger partial charge in [0.2, 0.25) is 0 Å². The molecule has 1 aromatic heterocycles. The van der Waals surface area contributed by atoms with Crippen LogP contribution in [0, 0.1) is 5.82 Å². The SMILES string of the molecule is O=C(NCC1(O)CCSCC1)c1cc(-c2ccc(F)cc2)on1. The van der Waals surface area contributed by atoms with Gasteiger partial charge in [0.25, 0.3) is 5.91 Å². The molecule has 0 radical (unpaired) electrons. The lowest BCUT2D eigenvalue weighted by molar-refractivity contribution is 0.0310. The number of nitrogens with one attached hydrogen (secondary N) is 1. The van der Waals surface area contributed by atoms with Crippen LogP contribution in [0.5, 0.6) is 0 Å². The van der Waals surface area contributed by atoms with E-state index in [0.717, 1.165) is 11.5 Å². The number of aliphatic hydroxyl groups is 1. The summed E-state index contributed by atoms with van der Waals surface area (Å²) in [5, 5.41) is 16.8. The van der Waals surface area contributed by atoms with Crippen molar-refractivity contribution < 1.29 is 18.8 Å². The minimum Gasteiger partial charge on any atom is -0.388 e. The summed E-state index contributed by atoms with van der Waals surface area (Å²) in [6.07, 6.45) is 1.33. The first-order valence-corrected chi connectivity index (χ1v) is 8.52. The van der Waals surface area contributed by atoms with Gasteiger partial charge in [0.1, 0.15) is 5.82 Å². The lowest BCUT2D eigenvalue weighted by Gasteiger charge is -2.31. The first kappa shape index (κ1) is 16.0. The van der Waals surface area contributed by atoms with Crippen LogP contribution in [-0.2, 0) is 0 Å². The monoisotopic (exact) mass is 336 g/mol. The second-order valence-corrected chi connectivity index (χ2v) is 6.83. The van der Waals surface area contributed by atoms with Gasteiger partial charge in [-0.15, -0.1) is 0 Å². The van der Waals surface area contributed by atoms with Crippen molar-refractivity contribution in [3.05, 3.63) is 41.8 Å². The van der Waals surface area contributed by atoms with Gasteiger partial charge in [0.05, 0.1) is 5.60 Å². The van der Waals surface area contributed by atoms with Crippen molar-refractivity contribution >= 4 is 17.7 Å². The van der Waals surface area contributed by atoms with Crippen LogP contribution < -0.4 is 5.32 Å². The standard InChI is InChI=1S/C16H17FN2O3S/c17-12-3-1-11(2-4-12)14-9-13(19-22-14)15(20)18-10-16(21)5-7-23-8-6-16/h1-4,9,21H,5-8,10H2,(H,18,20). The number of amides is 1. The molecule has 1 aliphatic rings. The Balaban J connectivity index is 1.63. The van der Waals surface area contributed by atoms with E-state index in [0.29, 0.717) is 24.2 Å². The maximum Gasteiger partial charge on any atom is 0.273 e. The third-order valence-electron chi connectivity index (χ3n) is 3.87. The second-order valence-electron chi connectivity index (χ2n) is 5.60. The first-order chi connectivity index (χ1) is 11.1. The van der Waals surface area contributed by atoms with Crippen LogP contribution in [-0.4, -0.2) is 39.8 Å². The van der Waals surface area contributed by atoms with E-state index in [2.05, 4.69) is 10.5 Å². The molecule has 0 aliphatic carbocycles. The zero-order valence-corrected chi connectivity index (χ0v) is 13.2. The number of benzene rings is 1. The van der Waals surface area contributed by atoms with Crippen LogP contribution in [0.25, 0.3) is 11.3 Å². The van der Waals surface area contributed by atoms with Gasteiger partial charge in [-0.1, -0.05) is 5.16 Å². The fourth-order valence-electron chi connectivity index (χ4n) is 2.40. The predicted molar refractivity (Wildman–Crippen MR) is 85.7 cm³/mol. The van der Waals surface area contributed by atoms with E-state index in [-0.39, 0.29) is 18.1 Å². The molecule has 1 saturated heterocycles. The van der Waals surface area contributed by atoms with Crippen molar-refractivity contribution in [3.8, 4) is 11.3 Å². The smallest absolute Gasteiger partial charge is 0.273 e. The maximum atomic E-state index is 12.9. The summed E-state index contributed by atoms with van der Waals surface area (Å²) < 4.78 is 18.0. The molecule has 2 aromatic rings. The number of nitrogens with zero attached hydrogens (tertiary/aromatic N) is 1. The van der Waals surface area contributed by atoms with E-state index in [1.807, 2.05) is 0 Å². The van der Waals surface area contributed by atoms with Crippen LogP contribution >= 0.6 is 11.8 Å². The van der Waals surface area contributed by atoms with Gasteiger partial charge >= 0.3 is 0 Å². The van der Waals surface area contributed by atoms with Gasteiger partial charge < -0.3 is 14.9 Å². The molecule has 2 heterocycles. The molecule has 1 aromatic carbocycles. The Kier molecular flexibility index (Phi) is 4.68. The van der Waals surface area contributed by atoms with Gasteiger partial charge in [-0.2, -0.15) is 11.8 Å². The van der Waals surface area contributed by atoms with Crippen molar-refractivity contribution in [2.75, 3.05) is 18.1 Å². The highest BCUT2D eigenvalue weighted by Gasteiger charge is 2.30. The molecule has 2 N–H and O–H groups in total. The van der Waals surface area contributed by atoms with Crippen molar-refractivity contribution in [1.82, 2.24) is 10.5 Å². The summed E-state index contributed by atoms with van der Waals surface area (Å²) in [5.74, 6) is 1.44. The number of aromatic nitrogens is 1. The van der Waals surface area contributed by atoms with Gasteiger partial charge in [0, 0.05) is 18.2 Å². The Hall–Kier alpha value is -1.86. The van der Waals surface area contributed by atoms with Crippen molar-refractivity contribution in [2.45, 2.75) is 18.4 Å². The minimum absolute atomic E-state index is 0.137. The number of thioether (sulfide) groups is 1. The number of rotatable bonds is 4. The zero-order valence-electron chi connectivity index (χ0n) is 12.4. The quantitative estimate of drug-likeness (QED) is 0.897. The molecule has 0 atom stereocenters. The Morgan fingerprint density at radius 3 is 2.74 bits per heavy atom. The van der Waals surface area contributed by atoms with Crippen LogP contribution in [0.1, 0.15) is 23.3 Å². The number of hydrogen-bond donors (Lipinski definition) is 2. The second kappa shape index (κ2) is 6.72. The van der Waals surface area contributed by atoms with E-state index in [1.165, 1.54) is 18.2 Å². The number of hydrogen-bond acceptors (Lipinski definition) is 5. The van der Waals surface area contributed by atoms with E-state index in [4.69, 9.17) is 4.52 Å². The summed E-state index contributed by atoms with van der Waals surface area (Å²) in [5.41, 5.74) is -0.0660. The summed E-state index contributed by atoms with van der Waals surface area (Å²) in [4.78, 5) is 12.1. The molecule has 1 aliphatic heterocycles. The van der Waals surface area contributed by atoms with Gasteiger partial charge in [0.15, 0.2) is 11.5 Å². The fraction of sp³-hybridized carbons (Fsp3) is 0.375. The maximum absolute atomic E-state index is 12.9. The third kappa shape index (κ3) is 3.92. The number of carbonyl (C=O) groups excluding carboxylic acids is 1. The Bertz CT molecular complexity index is 681. The molecule has 0 spiro atoms. The third-order valence-corrected chi connectivity index (χ3v) is 4.86. The molecule has 0 saturated carbocycles. The largest absolute Gasteiger partial charge is 0.388 e. The molecule has 1 fully saturated rings. The zero-order chi connectivity index (χ0) is 16.3. The van der Waals surface area contributed by atoms with Crippen LogP contribution in [0.15, 0.2) is 34.9 Å². The fourth-order valence-corrected chi connectivity index (χ4v) is 3.65. The highest BCUT2D eigenvalue weighted by atomic mass is 32.2. The van der Waals surface area contributed by atoms with Crippen molar-refractivity contribution in [1.29, 1.82) is 0 Å². The van der Waals surface area contributed by atoms with Gasteiger partial charge in [-0.25, -0.2) is 4.39 Å². The van der Waals surface area contributed by atoms with Gasteiger partial charge in [-0.3, -0.25) is 4.79 Å². The summed E-state index contributed by atoms with van der Waals surface area (Å²) in [6, 6.07) is 7.24. The van der Waals surface area contributed by atoms with Gasteiger partial charge in [-0.05, 0) is 48.6 Å². The summed E-state index contributed by atoms with van der Waals surface area (Å²) >= 11 is 1.80. The lowest BCUT2D eigenvalue weighted by Crippen LogP contribution is -2.45. The molecule has 1 amide bonds. The molecule has 0 bridgehead atoms. The molecule has 5 nitrogen and oxygen atoms in total. The van der Waals surface area contributed by atoms with Crippen LogP contribution in [0.3, 0.4) is 0 Å². The van der Waals surface area contributed by atoms with E-state index in [1.54, 1.807) is 23.9 Å². The first-order valence-electron chi connectivity index (χ1n) is 7.37. The molecule has 3 rings (SSSR count). The number of carbonyl (C=O) groups is 1. The molecular weight excluding hydrogens is 319 g/mol. The predicted octanol–water partition coefficient (Wildman–Crippen LogP) is 2.47. The van der Waals surface area contributed by atoms with Crippen LogP contribution in [0.2, 0.25) is 0 Å². The Morgan fingerprint density at radius 1 is 1.35 bits per heavy atom. The number of halogens is 1. The highest BCUT2D eigenvalue weighted by molar-refractivity contribution is 7.99. The summed E-state index contributed by atoms with van der Waals surface area (Å²) in [6.45, 7) is 0.200. The molecule has 7 heteroatoms. The average molecular weight is 336 g/mol. The summed E-state index contributed by atoms with van der Waals surface area (Å²) in [7, 11) is 0. The Labute approximate surface area is 137 Å². The van der Waals surface area contributed by atoms with E-state index >= 15 is 0 Å². The minimum atomic E-state index is -0.843. The van der Waals surface area contributed by atoms with Crippen molar-refractivity contribution in [2.24, 2.45) is 0 Å². The average Bonchev–Trinajstić information content (AvgIpc) is 3.04.